The highest BCUT2D eigenvalue weighted by molar-refractivity contribution is 6.30. The monoisotopic (exact) mass is 417 g/mol. The van der Waals surface area contributed by atoms with Crippen molar-refractivity contribution in [3.8, 4) is 0 Å². The van der Waals surface area contributed by atoms with Gasteiger partial charge in [-0.25, -0.2) is 0 Å². The number of halogens is 5. The van der Waals surface area contributed by atoms with Crippen LogP contribution >= 0.6 is 24.0 Å². The average molecular weight is 418 g/mol. The summed E-state index contributed by atoms with van der Waals surface area (Å²) in [7, 11) is 0. The molecule has 0 radical (unpaired) electrons. The molecule has 2 aromatic carbocycles. The normalized spacial score (nSPS) is 15.8. The predicted octanol–water partition coefficient (Wildman–Crippen LogP) is 4.93. The quantitative estimate of drug-likeness (QED) is 0.656. The van der Waals surface area contributed by atoms with Crippen LogP contribution < -0.4 is 0 Å². The first-order valence-electron chi connectivity index (χ1n) is 8.34. The second kappa shape index (κ2) is 9.44. The molecule has 2 aromatic rings. The van der Waals surface area contributed by atoms with Gasteiger partial charge in [-0.2, -0.15) is 18.3 Å². The Morgan fingerprint density at radius 3 is 2.22 bits per heavy atom. The minimum Gasteiger partial charge on any atom is -0.295 e. The number of hydrogen-bond donors (Lipinski definition) is 0. The number of nitrogens with zero attached hydrogens (tertiary/aromatic N) is 3. The molecule has 0 unspecified atom stereocenters. The van der Waals surface area contributed by atoms with E-state index < -0.39 is 11.7 Å². The molecule has 0 bridgehead atoms. The van der Waals surface area contributed by atoms with E-state index in [0.717, 1.165) is 25.7 Å². The molecule has 1 aliphatic heterocycles. The lowest BCUT2D eigenvalue weighted by molar-refractivity contribution is -0.137. The Bertz CT molecular complexity index is 756. The van der Waals surface area contributed by atoms with Crippen molar-refractivity contribution < 1.29 is 13.2 Å². The molecule has 0 spiro atoms. The first kappa shape index (κ1) is 21.5. The molecule has 0 atom stereocenters. The molecular formula is C19H20Cl2F3N3. The van der Waals surface area contributed by atoms with Crippen molar-refractivity contribution in [2.75, 3.05) is 26.2 Å². The van der Waals surface area contributed by atoms with Crippen molar-refractivity contribution in [3.63, 3.8) is 0 Å². The fourth-order valence-corrected chi connectivity index (χ4v) is 3.00. The minimum atomic E-state index is -4.38. The van der Waals surface area contributed by atoms with Crippen LogP contribution in [0, 0.1) is 0 Å². The molecule has 1 aliphatic rings. The molecule has 3 nitrogen and oxygen atoms in total. The lowest BCUT2D eigenvalue weighted by atomic mass is 10.1. The number of alkyl halides is 3. The smallest absolute Gasteiger partial charge is 0.295 e. The first-order chi connectivity index (χ1) is 12.4. The fraction of sp³-hybridized carbons (Fsp3) is 0.316. The minimum absolute atomic E-state index is 0. The zero-order valence-electron chi connectivity index (χ0n) is 14.5. The van der Waals surface area contributed by atoms with Crippen LogP contribution in [-0.4, -0.2) is 42.3 Å². The van der Waals surface area contributed by atoms with E-state index in [2.05, 4.69) is 10.0 Å². The molecule has 0 saturated carbocycles. The van der Waals surface area contributed by atoms with E-state index in [4.69, 9.17) is 11.6 Å². The van der Waals surface area contributed by atoms with E-state index >= 15 is 0 Å². The maximum atomic E-state index is 13.0. The zero-order chi connectivity index (χ0) is 18.6. The van der Waals surface area contributed by atoms with Gasteiger partial charge in [0.25, 0.3) is 0 Å². The van der Waals surface area contributed by atoms with Gasteiger partial charge in [0.1, 0.15) is 0 Å². The second-order valence-electron chi connectivity index (χ2n) is 6.19. The molecule has 1 saturated heterocycles. The molecule has 1 fully saturated rings. The predicted molar refractivity (Wildman–Crippen MR) is 105 cm³/mol. The molecule has 27 heavy (non-hydrogen) atoms. The van der Waals surface area contributed by atoms with Crippen LogP contribution in [0.2, 0.25) is 5.02 Å². The fourth-order valence-electron chi connectivity index (χ4n) is 2.87. The third kappa shape index (κ3) is 6.13. The average Bonchev–Trinajstić information content (AvgIpc) is 2.62. The molecule has 3 rings (SSSR count). The Labute approximate surface area is 167 Å². The van der Waals surface area contributed by atoms with Crippen molar-refractivity contribution in [1.29, 1.82) is 0 Å². The Hall–Kier alpha value is -1.76. The number of benzene rings is 2. The largest absolute Gasteiger partial charge is 0.417 e. The topological polar surface area (TPSA) is 18.8 Å². The van der Waals surface area contributed by atoms with Gasteiger partial charge in [-0.1, -0.05) is 41.9 Å². The van der Waals surface area contributed by atoms with Crippen LogP contribution in [0.1, 0.15) is 16.7 Å². The molecule has 1 heterocycles. The summed E-state index contributed by atoms with van der Waals surface area (Å²) in [5.41, 5.74) is 0.610. The van der Waals surface area contributed by atoms with Crippen molar-refractivity contribution in [2.45, 2.75) is 12.7 Å². The van der Waals surface area contributed by atoms with Gasteiger partial charge in [0, 0.05) is 43.3 Å². The number of hydrogen-bond acceptors (Lipinski definition) is 3. The first-order valence-corrected chi connectivity index (χ1v) is 8.71. The summed E-state index contributed by atoms with van der Waals surface area (Å²) in [5.74, 6) is 0. The van der Waals surface area contributed by atoms with Crippen LogP contribution in [-0.2, 0) is 12.7 Å². The molecule has 0 N–H and O–H groups in total. The van der Waals surface area contributed by atoms with Crippen LogP contribution in [0.25, 0.3) is 0 Å². The van der Waals surface area contributed by atoms with Gasteiger partial charge in [-0.05, 0) is 23.8 Å². The van der Waals surface area contributed by atoms with E-state index in [0.29, 0.717) is 18.1 Å². The summed E-state index contributed by atoms with van der Waals surface area (Å²) < 4.78 is 39.0. The van der Waals surface area contributed by atoms with Gasteiger partial charge in [-0.3, -0.25) is 9.91 Å². The summed E-state index contributed by atoms with van der Waals surface area (Å²) in [6.45, 7) is 3.80. The highest BCUT2D eigenvalue weighted by Crippen LogP contribution is 2.31. The third-order valence-electron chi connectivity index (χ3n) is 4.29. The van der Waals surface area contributed by atoms with E-state index in [1.807, 2.05) is 29.3 Å². The second-order valence-corrected chi connectivity index (χ2v) is 6.62. The summed E-state index contributed by atoms with van der Waals surface area (Å²) in [5, 5.41) is 6.77. The Balaban J connectivity index is 0.00000261. The van der Waals surface area contributed by atoms with E-state index in [9.17, 15) is 13.2 Å². The molecular weight excluding hydrogens is 398 g/mol. The van der Waals surface area contributed by atoms with Crippen molar-refractivity contribution in [1.82, 2.24) is 9.91 Å². The van der Waals surface area contributed by atoms with E-state index in [1.54, 1.807) is 6.07 Å². The van der Waals surface area contributed by atoms with Crippen LogP contribution in [0.4, 0.5) is 13.2 Å². The third-order valence-corrected chi connectivity index (χ3v) is 4.55. The maximum Gasteiger partial charge on any atom is 0.417 e. The van der Waals surface area contributed by atoms with Gasteiger partial charge in [0.15, 0.2) is 0 Å². The highest BCUT2D eigenvalue weighted by atomic mass is 35.5. The van der Waals surface area contributed by atoms with Gasteiger partial charge in [0.05, 0.1) is 11.8 Å². The van der Waals surface area contributed by atoms with Gasteiger partial charge >= 0.3 is 6.18 Å². The lowest BCUT2D eigenvalue weighted by Crippen LogP contribution is -2.43. The van der Waals surface area contributed by atoms with Crippen LogP contribution in [0.3, 0.4) is 0 Å². The van der Waals surface area contributed by atoms with E-state index in [-0.39, 0.29) is 18.0 Å². The SMILES string of the molecule is Cl.FC(F)(F)c1ccccc1/C=N/N1CCN(Cc2ccc(Cl)cc2)CC1. The summed E-state index contributed by atoms with van der Waals surface area (Å²) in [6.07, 6.45) is -3.07. The molecule has 0 aliphatic carbocycles. The summed E-state index contributed by atoms with van der Waals surface area (Å²) in [4.78, 5) is 2.29. The molecule has 0 aromatic heterocycles. The molecule has 146 valence electrons. The number of piperazine rings is 1. The van der Waals surface area contributed by atoms with Crippen molar-refractivity contribution in [3.05, 3.63) is 70.2 Å². The van der Waals surface area contributed by atoms with E-state index in [1.165, 1.54) is 23.9 Å². The van der Waals surface area contributed by atoms with Gasteiger partial charge in [0.2, 0.25) is 0 Å². The van der Waals surface area contributed by atoms with Gasteiger partial charge < -0.3 is 0 Å². The van der Waals surface area contributed by atoms with Crippen molar-refractivity contribution in [2.24, 2.45) is 5.10 Å². The number of rotatable bonds is 4. The summed E-state index contributed by atoms with van der Waals surface area (Å²) in [6, 6.07) is 13.2. The Morgan fingerprint density at radius 2 is 1.59 bits per heavy atom. The standard InChI is InChI=1S/C19H19ClF3N3.ClH/c20-17-7-5-15(6-8-17)14-25-9-11-26(12-10-25)24-13-16-3-1-2-4-18(16)19(21,22)23;/h1-8,13H,9-12,14H2;1H/b24-13+;. The van der Waals surface area contributed by atoms with Crippen LogP contribution in [0.5, 0.6) is 0 Å². The highest BCUT2D eigenvalue weighted by Gasteiger charge is 2.32. The summed E-state index contributed by atoms with van der Waals surface area (Å²) >= 11 is 5.89. The molecule has 0 amide bonds. The Kier molecular flexibility index (Phi) is 7.53. The van der Waals surface area contributed by atoms with Gasteiger partial charge in [-0.15, -0.1) is 12.4 Å². The van der Waals surface area contributed by atoms with Crippen molar-refractivity contribution >= 4 is 30.2 Å². The molecule has 8 heteroatoms. The zero-order valence-corrected chi connectivity index (χ0v) is 16.1. The lowest BCUT2D eigenvalue weighted by Gasteiger charge is -2.33. The number of hydrazone groups is 1. The maximum absolute atomic E-state index is 13.0. The Morgan fingerprint density at radius 1 is 0.963 bits per heavy atom. The van der Waals surface area contributed by atoms with Crippen LogP contribution in [0.15, 0.2) is 53.6 Å².